The number of nitrogens with zero attached hydrogens (tertiary/aromatic N) is 2. The van der Waals surface area contributed by atoms with Crippen LogP contribution in [0.5, 0.6) is 11.8 Å². The quantitative estimate of drug-likeness (QED) is 0.795. The first kappa shape index (κ1) is 13.1. The van der Waals surface area contributed by atoms with E-state index in [9.17, 15) is 4.79 Å². The topological polar surface area (TPSA) is 72.3 Å². The summed E-state index contributed by atoms with van der Waals surface area (Å²) in [5.74, 6) is -0.417. The van der Waals surface area contributed by atoms with Gasteiger partial charge in [0, 0.05) is 11.6 Å². The van der Waals surface area contributed by atoms with Crippen LogP contribution in [-0.2, 0) is 0 Å². The minimum atomic E-state index is -1.05. The maximum Gasteiger partial charge on any atom is 0.339 e. The molecule has 0 spiro atoms. The summed E-state index contributed by atoms with van der Waals surface area (Å²) in [4.78, 5) is 19.0. The number of carboxylic acids is 1. The van der Waals surface area contributed by atoms with Gasteiger partial charge < -0.3 is 9.84 Å². The lowest BCUT2D eigenvalue weighted by atomic mass is 10.1. The molecule has 5 heteroatoms. The third-order valence-corrected chi connectivity index (χ3v) is 3.14. The van der Waals surface area contributed by atoms with Gasteiger partial charge in [-0.05, 0) is 18.4 Å². The van der Waals surface area contributed by atoms with Gasteiger partial charge in [-0.2, -0.15) is 4.98 Å². The first-order chi connectivity index (χ1) is 10.1. The Hall–Kier alpha value is -2.95. The average Bonchev–Trinajstić information content (AvgIpc) is 2.47. The van der Waals surface area contributed by atoms with Gasteiger partial charge in [0.1, 0.15) is 5.75 Å². The molecule has 5 nitrogen and oxygen atoms in total. The monoisotopic (exact) mass is 280 g/mol. The molecular formula is C16H12N2O3. The summed E-state index contributed by atoms with van der Waals surface area (Å²) in [5.41, 5.74) is 0.438. The van der Waals surface area contributed by atoms with E-state index in [0.29, 0.717) is 11.4 Å². The average molecular weight is 280 g/mol. The van der Waals surface area contributed by atoms with E-state index < -0.39 is 5.97 Å². The molecule has 0 atom stereocenters. The zero-order chi connectivity index (χ0) is 14.8. The third-order valence-electron chi connectivity index (χ3n) is 3.14. The molecule has 1 heterocycles. The van der Waals surface area contributed by atoms with Crippen LogP contribution in [0.2, 0.25) is 0 Å². The van der Waals surface area contributed by atoms with Crippen LogP contribution in [-0.4, -0.2) is 21.0 Å². The Bertz CT molecular complexity index is 825. The van der Waals surface area contributed by atoms with Gasteiger partial charge in [-0.3, -0.25) is 0 Å². The molecule has 0 fully saturated rings. The number of hydrogen-bond donors (Lipinski definition) is 1. The molecule has 0 aliphatic rings. The van der Waals surface area contributed by atoms with Crippen molar-refractivity contribution in [3.8, 4) is 11.8 Å². The zero-order valence-electron chi connectivity index (χ0n) is 11.3. The van der Waals surface area contributed by atoms with Crippen molar-refractivity contribution in [1.29, 1.82) is 0 Å². The van der Waals surface area contributed by atoms with E-state index in [2.05, 4.69) is 9.97 Å². The van der Waals surface area contributed by atoms with Crippen LogP contribution in [0.4, 0.5) is 0 Å². The lowest BCUT2D eigenvalue weighted by molar-refractivity contribution is 0.0695. The number of benzene rings is 2. The zero-order valence-corrected chi connectivity index (χ0v) is 11.3. The van der Waals surface area contributed by atoms with E-state index in [-0.39, 0.29) is 11.6 Å². The summed E-state index contributed by atoms with van der Waals surface area (Å²) in [6.45, 7) is 1.61. The van der Waals surface area contributed by atoms with Crippen molar-refractivity contribution in [2.45, 2.75) is 6.92 Å². The Morgan fingerprint density at radius 1 is 1.14 bits per heavy atom. The summed E-state index contributed by atoms with van der Waals surface area (Å²) in [7, 11) is 0. The van der Waals surface area contributed by atoms with Gasteiger partial charge in [0.15, 0.2) is 0 Å². The van der Waals surface area contributed by atoms with Gasteiger partial charge in [0.05, 0.1) is 11.3 Å². The van der Waals surface area contributed by atoms with Gasteiger partial charge in [0.25, 0.3) is 0 Å². The highest BCUT2D eigenvalue weighted by Gasteiger charge is 2.11. The summed E-state index contributed by atoms with van der Waals surface area (Å²) >= 11 is 0. The van der Waals surface area contributed by atoms with Crippen LogP contribution in [0.25, 0.3) is 10.8 Å². The molecule has 104 valence electrons. The Balaban J connectivity index is 1.99. The van der Waals surface area contributed by atoms with Gasteiger partial charge in [-0.1, -0.05) is 36.4 Å². The van der Waals surface area contributed by atoms with Crippen LogP contribution >= 0.6 is 0 Å². The molecule has 0 unspecified atom stereocenters. The van der Waals surface area contributed by atoms with E-state index in [0.717, 1.165) is 10.8 Å². The van der Waals surface area contributed by atoms with Crippen LogP contribution in [0.3, 0.4) is 0 Å². The molecule has 0 aliphatic heterocycles. The molecule has 21 heavy (non-hydrogen) atoms. The lowest BCUT2D eigenvalue weighted by Crippen LogP contribution is -2.04. The van der Waals surface area contributed by atoms with E-state index in [4.69, 9.17) is 9.84 Å². The molecule has 0 amide bonds. The van der Waals surface area contributed by atoms with E-state index in [1.165, 1.54) is 6.20 Å². The summed E-state index contributed by atoms with van der Waals surface area (Å²) in [5, 5.41) is 11.0. The Morgan fingerprint density at radius 2 is 1.90 bits per heavy atom. The highest BCUT2D eigenvalue weighted by molar-refractivity contribution is 5.89. The van der Waals surface area contributed by atoms with E-state index in [1.54, 1.807) is 6.92 Å². The van der Waals surface area contributed by atoms with Crippen LogP contribution < -0.4 is 4.74 Å². The molecule has 1 aromatic heterocycles. The SMILES string of the molecule is Cc1nc(Oc2cccc3ccccc23)ncc1C(=O)O. The van der Waals surface area contributed by atoms with Gasteiger partial charge in [-0.15, -0.1) is 0 Å². The standard InChI is InChI=1S/C16H12N2O3/c1-10-13(15(19)20)9-17-16(18-10)21-14-8-4-6-11-5-2-3-7-12(11)14/h2-9H,1H3,(H,19,20). The molecule has 0 aliphatic carbocycles. The van der Waals surface area contributed by atoms with Crippen molar-refractivity contribution in [3.63, 3.8) is 0 Å². The highest BCUT2D eigenvalue weighted by Crippen LogP contribution is 2.28. The molecule has 3 rings (SSSR count). The number of fused-ring (bicyclic) bond motifs is 1. The van der Waals surface area contributed by atoms with Crippen molar-refractivity contribution in [2.75, 3.05) is 0 Å². The van der Waals surface area contributed by atoms with Crippen molar-refractivity contribution in [1.82, 2.24) is 9.97 Å². The molecule has 2 aromatic carbocycles. The third kappa shape index (κ3) is 2.53. The van der Waals surface area contributed by atoms with E-state index >= 15 is 0 Å². The van der Waals surface area contributed by atoms with Gasteiger partial charge in [0.2, 0.25) is 0 Å². The first-order valence-corrected chi connectivity index (χ1v) is 6.38. The number of hydrogen-bond acceptors (Lipinski definition) is 4. The summed E-state index contributed by atoms with van der Waals surface area (Å²) < 4.78 is 5.69. The van der Waals surface area contributed by atoms with Crippen molar-refractivity contribution in [3.05, 3.63) is 59.9 Å². The number of carboxylic acid groups (broad SMARTS) is 1. The molecule has 3 aromatic rings. The lowest BCUT2D eigenvalue weighted by Gasteiger charge is -2.08. The maximum atomic E-state index is 10.9. The van der Waals surface area contributed by atoms with Crippen molar-refractivity contribution >= 4 is 16.7 Å². The molecule has 0 saturated carbocycles. The fraction of sp³-hybridized carbons (Fsp3) is 0.0625. The number of aromatic carboxylic acids is 1. The van der Waals surface area contributed by atoms with Gasteiger partial charge >= 0.3 is 12.0 Å². The molecule has 0 radical (unpaired) electrons. The normalized spacial score (nSPS) is 10.5. The molecular weight excluding hydrogens is 268 g/mol. The van der Waals surface area contributed by atoms with Gasteiger partial charge in [-0.25, -0.2) is 9.78 Å². The Labute approximate surface area is 120 Å². The van der Waals surface area contributed by atoms with Crippen LogP contribution in [0, 0.1) is 6.92 Å². The predicted octanol–water partition coefficient (Wildman–Crippen LogP) is 3.43. The Kier molecular flexibility index (Phi) is 3.23. The minimum Gasteiger partial charge on any atom is -0.478 e. The number of aromatic nitrogens is 2. The van der Waals surface area contributed by atoms with Crippen LogP contribution in [0.1, 0.15) is 16.1 Å². The number of carbonyl (C=O) groups is 1. The summed E-state index contributed by atoms with van der Waals surface area (Å²) in [6.07, 6.45) is 1.26. The summed E-state index contributed by atoms with van der Waals surface area (Å²) in [6, 6.07) is 13.6. The predicted molar refractivity (Wildman–Crippen MR) is 77.8 cm³/mol. The van der Waals surface area contributed by atoms with Crippen LogP contribution in [0.15, 0.2) is 48.7 Å². The number of ether oxygens (including phenoxy) is 1. The molecule has 1 N–H and O–H groups in total. The Morgan fingerprint density at radius 3 is 2.67 bits per heavy atom. The smallest absolute Gasteiger partial charge is 0.339 e. The number of aryl methyl sites for hydroxylation is 1. The fourth-order valence-corrected chi connectivity index (χ4v) is 2.09. The highest BCUT2D eigenvalue weighted by atomic mass is 16.5. The van der Waals surface area contributed by atoms with E-state index in [1.807, 2.05) is 42.5 Å². The molecule has 0 bridgehead atoms. The fourth-order valence-electron chi connectivity index (χ4n) is 2.09. The second-order valence-electron chi connectivity index (χ2n) is 4.54. The molecule has 0 saturated heterocycles. The van der Waals surface area contributed by atoms with Crippen molar-refractivity contribution < 1.29 is 14.6 Å². The van der Waals surface area contributed by atoms with Crippen molar-refractivity contribution in [2.24, 2.45) is 0 Å². The first-order valence-electron chi connectivity index (χ1n) is 6.38. The second-order valence-corrected chi connectivity index (χ2v) is 4.54. The second kappa shape index (κ2) is 5.20. The largest absolute Gasteiger partial charge is 0.478 e. The number of rotatable bonds is 3. The maximum absolute atomic E-state index is 10.9. The minimum absolute atomic E-state index is 0.0697.